The highest BCUT2D eigenvalue weighted by atomic mass is 32.2. The van der Waals surface area contributed by atoms with Crippen molar-refractivity contribution in [1.82, 2.24) is 9.62 Å². The van der Waals surface area contributed by atoms with Gasteiger partial charge in [-0.3, -0.25) is 9.59 Å². The number of nitrogens with one attached hydrogen (secondary N) is 1. The molecule has 1 saturated heterocycles. The Kier molecular flexibility index (Phi) is 6.94. The molecule has 9 heteroatoms. The van der Waals surface area contributed by atoms with Gasteiger partial charge in [-0.25, -0.2) is 12.8 Å². The van der Waals surface area contributed by atoms with Crippen LogP contribution in [0.3, 0.4) is 0 Å². The van der Waals surface area contributed by atoms with Gasteiger partial charge >= 0.3 is 5.97 Å². The number of ether oxygens (including phenoxy) is 1. The van der Waals surface area contributed by atoms with E-state index in [1.807, 2.05) is 13.8 Å². The first kappa shape index (κ1) is 21.3. The molecule has 1 atom stereocenters. The molecule has 1 N–H and O–H groups in total. The lowest BCUT2D eigenvalue weighted by Gasteiger charge is -2.30. The third-order valence-electron chi connectivity index (χ3n) is 4.33. The molecule has 1 aromatic carbocycles. The zero-order valence-electron chi connectivity index (χ0n) is 15.6. The topological polar surface area (TPSA) is 92.8 Å². The minimum absolute atomic E-state index is 0.0175. The number of hydrogen-bond acceptors (Lipinski definition) is 5. The van der Waals surface area contributed by atoms with Crippen molar-refractivity contribution in [3.05, 3.63) is 30.1 Å². The number of halogens is 1. The summed E-state index contributed by atoms with van der Waals surface area (Å²) in [7, 11) is -3.73. The van der Waals surface area contributed by atoms with Crippen molar-refractivity contribution >= 4 is 21.9 Å². The van der Waals surface area contributed by atoms with Crippen LogP contribution in [0.4, 0.5) is 4.39 Å². The lowest BCUT2D eigenvalue weighted by atomic mass is 9.98. The fourth-order valence-electron chi connectivity index (χ4n) is 2.81. The van der Waals surface area contributed by atoms with Crippen molar-refractivity contribution in [2.24, 2.45) is 5.92 Å². The number of esters is 1. The predicted octanol–water partition coefficient (Wildman–Crippen LogP) is 1.68. The van der Waals surface area contributed by atoms with Crippen LogP contribution in [0.2, 0.25) is 0 Å². The maximum atomic E-state index is 13.0. The molecule has 0 saturated carbocycles. The van der Waals surface area contributed by atoms with Crippen LogP contribution in [0.15, 0.2) is 29.2 Å². The summed E-state index contributed by atoms with van der Waals surface area (Å²) >= 11 is 0. The van der Waals surface area contributed by atoms with Gasteiger partial charge in [0.05, 0.1) is 10.8 Å². The lowest BCUT2D eigenvalue weighted by Crippen LogP contribution is -2.43. The Hall–Kier alpha value is -2.00. The molecule has 1 heterocycles. The smallest absolute Gasteiger partial charge is 0.309 e. The second-order valence-corrected chi connectivity index (χ2v) is 8.81. The van der Waals surface area contributed by atoms with E-state index in [9.17, 15) is 22.4 Å². The summed E-state index contributed by atoms with van der Waals surface area (Å²) in [4.78, 5) is 24.1. The summed E-state index contributed by atoms with van der Waals surface area (Å²) in [6.45, 7) is 5.44. The largest absolute Gasteiger partial charge is 0.452 e. The van der Waals surface area contributed by atoms with Gasteiger partial charge in [-0.1, -0.05) is 0 Å². The Morgan fingerprint density at radius 1 is 1.15 bits per heavy atom. The number of rotatable bonds is 6. The molecule has 1 amide bonds. The first-order valence-electron chi connectivity index (χ1n) is 8.88. The van der Waals surface area contributed by atoms with Gasteiger partial charge < -0.3 is 10.1 Å². The van der Waals surface area contributed by atoms with Crippen LogP contribution in [0.5, 0.6) is 0 Å². The number of sulfonamides is 1. The van der Waals surface area contributed by atoms with Crippen molar-refractivity contribution in [2.45, 2.75) is 50.7 Å². The van der Waals surface area contributed by atoms with Gasteiger partial charge in [0.25, 0.3) is 5.91 Å². The zero-order valence-corrected chi connectivity index (χ0v) is 16.5. The fraction of sp³-hybridized carbons (Fsp3) is 0.556. The standard InChI is InChI=1S/C18H25FN2O5S/c1-12(2)20-17(22)13(3)26-18(23)14-8-10-21(11-9-14)27(24,25)16-6-4-15(19)5-7-16/h4-7,12-14H,8-11H2,1-3H3,(H,20,22)/t13-/m0/s1. The van der Waals surface area contributed by atoms with E-state index in [0.717, 1.165) is 12.1 Å². The van der Waals surface area contributed by atoms with Gasteiger partial charge in [0.1, 0.15) is 5.82 Å². The number of piperidine rings is 1. The Balaban J connectivity index is 1.91. The van der Waals surface area contributed by atoms with Crippen molar-refractivity contribution in [1.29, 1.82) is 0 Å². The molecule has 1 aliphatic rings. The number of hydrogen-bond donors (Lipinski definition) is 1. The van der Waals surface area contributed by atoms with E-state index < -0.39 is 33.8 Å². The van der Waals surface area contributed by atoms with Crippen LogP contribution in [-0.2, 0) is 24.3 Å². The highest BCUT2D eigenvalue weighted by Crippen LogP contribution is 2.25. The van der Waals surface area contributed by atoms with Crippen LogP contribution < -0.4 is 5.32 Å². The van der Waals surface area contributed by atoms with Crippen LogP contribution >= 0.6 is 0 Å². The number of carbonyl (C=O) groups excluding carboxylic acids is 2. The van der Waals surface area contributed by atoms with Crippen LogP contribution in [0.25, 0.3) is 0 Å². The Morgan fingerprint density at radius 3 is 2.22 bits per heavy atom. The molecule has 0 unspecified atom stereocenters. The highest BCUT2D eigenvalue weighted by Gasteiger charge is 2.34. The summed E-state index contributed by atoms with van der Waals surface area (Å²) in [5.74, 6) is -1.83. The number of amides is 1. The molecular weight excluding hydrogens is 375 g/mol. The normalized spacial score (nSPS) is 17.5. The highest BCUT2D eigenvalue weighted by molar-refractivity contribution is 7.89. The molecule has 0 spiro atoms. The molecule has 0 aromatic heterocycles. The summed E-state index contributed by atoms with van der Waals surface area (Å²) in [6, 6.07) is 4.58. The summed E-state index contributed by atoms with van der Waals surface area (Å²) < 4.78 is 44.6. The van der Waals surface area contributed by atoms with Crippen molar-refractivity contribution in [3.8, 4) is 0 Å². The maximum Gasteiger partial charge on any atom is 0.309 e. The van der Waals surface area contributed by atoms with Gasteiger partial charge in [-0.15, -0.1) is 0 Å². The van der Waals surface area contributed by atoms with E-state index in [0.29, 0.717) is 12.8 Å². The molecule has 1 fully saturated rings. The maximum absolute atomic E-state index is 13.0. The minimum Gasteiger partial charge on any atom is -0.452 e. The summed E-state index contributed by atoms with van der Waals surface area (Å²) in [5, 5.41) is 2.67. The lowest BCUT2D eigenvalue weighted by molar-refractivity contribution is -0.160. The molecule has 150 valence electrons. The van der Waals surface area contributed by atoms with E-state index in [1.165, 1.54) is 23.4 Å². The predicted molar refractivity (Wildman–Crippen MR) is 96.7 cm³/mol. The van der Waals surface area contributed by atoms with E-state index in [2.05, 4.69) is 5.32 Å². The molecule has 0 radical (unpaired) electrons. The Bertz CT molecular complexity index is 771. The second-order valence-electron chi connectivity index (χ2n) is 6.87. The molecule has 2 rings (SSSR count). The summed E-state index contributed by atoms with van der Waals surface area (Å²) in [6.07, 6.45) is -0.295. The average Bonchev–Trinajstić information content (AvgIpc) is 2.61. The molecule has 0 bridgehead atoms. The van der Waals surface area contributed by atoms with E-state index >= 15 is 0 Å². The fourth-order valence-corrected chi connectivity index (χ4v) is 4.28. The third-order valence-corrected chi connectivity index (χ3v) is 6.24. The molecule has 1 aliphatic heterocycles. The van der Waals surface area contributed by atoms with Gasteiger partial charge in [0, 0.05) is 19.1 Å². The first-order valence-corrected chi connectivity index (χ1v) is 10.3. The quantitative estimate of drug-likeness (QED) is 0.734. The van der Waals surface area contributed by atoms with Crippen molar-refractivity contribution < 1.29 is 27.1 Å². The zero-order chi connectivity index (χ0) is 20.2. The molecule has 1 aromatic rings. The number of nitrogens with zero attached hydrogens (tertiary/aromatic N) is 1. The summed E-state index contributed by atoms with van der Waals surface area (Å²) in [5.41, 5.74) is 0. The van der Waals surface area contributed by atoms with Crippen molar-refractivity contribution in [2.75, 3.05) is 13.1 Å². The molecule has 0 aliphatic carbocycles. The van der Waals surface area contributed by atoms with Gasteiger partial charge in [0.15, 0.2) is 6.10 Å². The molecular formula is C18H25FN2O5S. The van der Waals surface area contributed by atoms with Crippen LogP contribution in [0, 0.1) is 11.7 Å². The average molecular weight is 400 g/mol. The Morgan fingerprint density at radius 2 is 1.70 bits per heavy atom. The third kappa shape index (κ3) is 5.49. The monoisotopic (exact) mass is 400 g/mol. The van der Waals surface area contributed by atoms with Crippen LogP contribution in [-0.4, -0.2) is 49.8 Å². The Labute approximate surface area is 158 Å². The number of carbonyl (C=O) groups is 2. The molecule has 27 heavy (non-hydrogen) atoms. The van der Waals surface area contributed by atoms with Gasteiger partial charge in [-0.05, 0) is 57.9 Å². The van der Waals surface area contributed by atoms with Gasteiger partial charge in [-0.2, -0.15) is 4.31 Å². The van der Waals surface area contributed by atoms with E-state index in [1.54, 1.807) is 0 Å². The van der Waals surface area contributed by atoms with E-state index in [-0.39, 0.29) is 29.9 Å². The SMILES string of the molecule is CC(C)NC(=O)[C@H](C)OC(=O)C1CCN(S(=O)(=O)c2ccc(F)cc2)CC1. The first-order chi connectivity index (χ1) is 12.6. The van der Waals surface area contributed by atoms with Crippen LogP contribution in [0.1, 0.15) is 33.6 Å². The minimum atomic E-state index is -3.73. The second kappa shape index (κ2) is 8.79. The van der Waals surface area contributed by atoms with E-state index in [4.69, 9.17) is 4.74 Å². The van der Waals surface area contributed by atoms with Crippen molar-refractivity contribution in [3.63, 3.8) is 0 Å². The number of benzene rings is 1. The molecule has 7 nitrogen and oxygen atoms in total. The van der Waals surface area contributed by atoms with Gasteiger partial charge in [0.2, 0.25) is 10.0 Å².